The van der Waals surface area contributed by atoms with E-state index in [-0.39, 0.29) is 27.9 Å². The predicted octanol–water partition coefficient (Wildman–Crippen LogP) is 18.5. The molecule has 0 aliphatic heterocycles. The van der Waals surface area contributed by atoms with E-state index in [2.05, 4.69) is 224 Å². The minimum absolute atomic E-state index is 0.0307. The molecule has 1 atom stereocenters. The third-order valence-electron chi connectivity index (χ3n) is 15.6. The number of aromatic nitrogens is 4. The minimum Gasteiger partial charge on any atom is -0.238 e. The van der Waals surface area contributed by atoms with Gasteiger partial charge in [-0.15, -0.1) is 0 Å². The summed E-state index contributed by atoms with van der Waals surface area (Å²) in [5.74, 6) is 1.61. The molecule has 6 heteroatoms. The maximum atomic E-state index is 8.73. The molecule has 5 nitrogen and oxygen atoms in total. The van der Waals surface area contributed by atoms with Crippen LogP contribution in [0.4, 0.5) is 0 Å². The molecule has 77 heavy (non-hydrogen) atoms. The molecule has 0 radical (unpaired) electrons. The van der Waals surface area contributed by atoms with Gasteiger partial charge in [0.05, 0.1) is 0 Å². The third-order valence-corrected chi connectivity index (χ3v) is 16.7. The van der Waals surface area contributed by atoms with E-state index in [1.165, 1.54) is 38.9 Å². The standard InChI is InChI=1S/C71H66N4O.Pt/c1-46-38-67(72-44-61(46)49-30-33-51(34-31-49)69(2,3)4)75-63-26-15-14-23-58(63)59-37-36-55(43-66(59)75)76-54-35-32-48-22-18-29-62(60(48)42-54)73-45-74(65-28-17-16-27-64(65)73)68-56(47-20-12-11-13-21-47)24-19-25-57(68)50-39-52(70(5,6)7)41-53(40-50)71(8,9)10;/h11-17,19-21,23-28,30-41,44,62H,18,22,29H2,1-10H3;/q-2;/i1D3;. The molecule has 0 bridgehead atoms. The van der Waals surface area contributed by atoms with E-state index in [0.717, 1.165) is 78.3 Å². The summed E-state index contributed by atoms with van der Waals surface area (Å²) in [6.45, 7) is 18.0. The molecule has 0 amide bonds. The number of para-hydroxylation sites is 4. The summed E-state index contributed by atoms with van der Waals surface area (Å²) in [6.07, 6.45) is 4.62. The van der Waals surface area contributed by atoms with Crippen LogP contribution in [0.15, 0.2) is 176 Å². The van der Waals surface area contributed by atoms with Gasteiger partial charge in [-0.05, 0) is 41.1 Å². The first-order valence-corrected chi connectivity index (χ1v) is 28.1. The Hall–Kier alpha value is -7.33. The SMILES string of the molecule is [2H]C([2H])([2H])c1cc(-n2c3[c-]c(Oc4[c-]c5c(cc4)CCCC5n4[c](=[Pt])n(-c5c(-c6ccccc6)cccc5-c5cc(C(C)(C)C)cc(C(C)(C)C)c5)c5ccccc54)ccc3c3ccccc32)ncc1-c1ccc(C(C)(C)C)cc1. The van der Waals surface area contributed by atoms with E-state index < -0.39 is 6.85 Å². The summed E-state index contributed by atoms with van der Waals surface area (Å²) in [4.78, 5) is 5.00. The second kappa shape index (κ2) is 19.3. The summed E-state index contributed by atoms with van der Waals surface area (Å²) < 4.78 is 41.2. The fraction of sp³-hybridized carbons (Fsp3) is 0.239. The maximum absolute atomic E-state index is 8.73. The summed E-state index contributed by atoms with van der Waals surface area (Å²) in [7, 11) is 0. The van der Waals surface area contributed by atoms with Crippen molar-refractivity contribution in [1.82, 2.24) is 18.7 Å². The van der Waals surface area contributed by atoms with Crippen molar-refractivity contribution in [3.63, 3.8) is 0 Å². The van der Waals surface area contributed by atoms with Gasteiger partial charge in [0.15, 0.2) is 0 Å². The van der Waals surface area contributed by atoms with Crippen LogP contribution in [-0.4, -0.2) is 18.7 Å². The Labute approximate surface area is 469 Å². The molecule has 0 saturated carbocycles. The number of benzene rings is 8. The smallest absolute Gasteiger partial charge is 0.238 e. The Morgan fingerprint density at radius 3 is 1.88 bits per heavy atom. The zero-order valence-corrected chi connectivity index (χ0v) is 47.7. The Balaban J connectivity index is 0.969. The van der Waals surface area contributed by atoms with Crippen molar-refractivity contribution in [3.8, 4) is 56.4 Å². The van der Waals surface area contributed by atoms with E-state index in [1.54, 1.807) is 12.3 Å². The molecule has 1 aliphatic rings. The fourth-order valence-corrected chi connectivity index (χ4v) is 12.5. The third kappa shape index (κ3) is 9.25. The fourth-order valence-electron chi connectivity index (χ4n) is 11.4. The van der Waals surface area contributed by atoms with Crippen LogP contribution in [0.2, 0.25) is 0 Å². The predicted molar refractivity (Wildman–Crippen MR) is 315 cm³/mol. The van der Waals surface area contributed by atoms with Crippen molar-refractivity contribution in [2.24, 2.45) is 0 Å². The van der Waals surface area contributed by atoms with Gasteiger partial charge in [-0.25, -0.2) is 4.98 Å². The van der Waals surface area contributed by atoms with Gasteiger partial charge in [-0.2, -0.15) is 0 Å². The Kier molecular flexibility index (Phi) is 11.8. The first-order chi connectivity index (χ1) is 38.1. The molecule has 0 saturated heterocycles. The van der Waals surface area contributed by atoms with Crippen LogP contribution in [0.1, 0.15) is 119 Å². The Morgan fingerprint density at radius 2 is 1.18 bits per heavy atom. The number of fused-ring (bicyclic) bond motifs is 5. The van der Waals surface area contributed by atoms with Gasteiger partial charge in [-0.1, -0.05) is 63.2 Å². The first kappa shape index (κ1) is 46.9. The number of hydrogen-bond donors (Lipinski definition) is 0. The Bertz CT molecular complexity index is 4220. The van der Waals surface area contributed by atoms with Crippen molar-refractivity contribution >= 4 is 32.8 Å². The molecular weight excluding hydrogens is 1120 g/mol. The topological polar surface area (TPSA) is 36.9 Å². The van der Waals surface area contributed by atoms with Gasteiger partial charge in [0.1, 0.15) is 0 Å². The van der Waals surface area contributed by atoms with Gasteiger partial charge >= 0.3 is 347 Å². The van der Waals surface area contributed by atoms with Crippen LogP contribution in [0.3, 0.4) is 0 Å². The number of ether oxygens (including phenoxy) is 1. The molecule has 8 aromatic carbocycles. The normalized spacial score (nSPS) is 14.9. The monoisotopic (exact) mass is 1190 g/mol. The van der Waals surface area contributed by atoms with E-state index in [0.29, 0.717) is 22.9 Å². The zero-order chi connectivity index (χ0) is 56.0. The van der Waals surface area contributed by atoms with Crippen LogP contribution in [-0.2, 0) is 42.0 Å². The molecule has 388 valence electrons. The molecule has 3 heterocycles. The van der Waals surface area contributed by atoms with Gasteiger partial charge in [0, 0.05) is 15.9 Å². The van der Waals surface area contributed by atoms with E-state index in [1.807, 2.05) is 47.0 Å². The zero-order valence-electron chi connectivity index (χ0n) is 48.5. The molecule has 0 fully saturated rings. The number of imidazole rings is 1. The van der Waals surface area contributed by atoms with Crippen LogP contribution in [0.25, 0.3) is 77.7 Å². The van der Waals surface area contributed by atoms with Gasteiger partial charge in [0.25, 0.3) is 0 Å². The van der Waals surface area contributed by atoms with Crippen molar-refractivity contribution in [2.45, 2.75) is 111 Å². The van der Waals surface area contributed by atoms with Crippen molar-refractivity contribution in [1.29, 1.82) is 0 Å². The number of pyridine rings is 1. The van der Waals surface area contributed by atoms with Gasteiger partial charge in [0.2, 0.25) is 0 Å². The van der Waals surface area contributed by atoms with Crippen molar-refractivity contribution in [2.75, 3.05) is 0 Å². The molecule has 11 aromatic rings. The molecule has 3 aromatic heterocycles. The molecular formula is C71H66N4OPt-2. The second-order valence-electron chi connectivity index (χ2n) is 23.9. The summed E-state index contributed by atoms with van der Waals surface area (Å²) in [5.41, 5.74) is 17.4. The van der Waals surface area contributed by atoms with Crippen molar-refractivity contribution in [3.05, 3.63) is 225 Å². The van der Waals surface area contributed by atoms with Crippen LogP contribution < -0.4 is 4.74 Å². The second-order valence-corrected chi connectivity index (χ2v) is 24.9. The Morgan fingerprint density at radius 1 is 0.558 bits per heavy atom. The van der Waals surface area contributed by atoms with Crippen LogP contribution in [0.5, 0.6) is 11.5 Å². The number of nitrogens with zero attached hydrogens (tertiary/aromatic N) is 4. The average molecular weight is 1190 g/mol. The molecule has 1 unspecified atom stereocenters. The summed E-state index contributed by atoms with van der Waals surface area (Å²) in [5, 5.41) is 1.96. The molecule has 0 spiro atoms. The van der Waals surface area contributed by atoms with Crippen molar-refractivity contribution < 1.29 is 28.2 Å². The number of aryl methyl sites for hydroxylation is 2. The van der Waals surface area contributed by atoms with Gasteiger partial charge < -0.3 is 0 Å². The van der Waals surface area contributed by atoms with E-state index in [9.17, 15) is 0 Å². The van der Waals surface area contributed by atoms with E-state index >= 15 is 0 Å². The molecule has 12 rings (SSSR count). The molecule has 0 N–H and O–H groups in total. The summed E-state index contributed by atoms with van der Waals surface area (Å²) in [6, 6.07) is 67.4. The molecule has 1 aliphatic carbocycles. The summed E-state index contributed by atoms with van der Waals surface area (Å²) >= 11 is 2.59. The quantitative estimate of drug-likeness (QED) is 0.142. The van der Waals surface area contributed by atoms with Gasteiger partial charge in [-0.3, -0.25) is 0 Å². The minimum atomic E-state index is -2.40. The van der Waals surface area contributed by atoms with Crippen LogP contribution >= 0.6 is 0 Å². The van der Waals surface area contributed by atoms with E-state index in [4.69, 9.17) is 13.8 Å². The number of rotatable bonds is 8. The number of hydrogen-bond acceptors (Lipinski definition) is 2. The van der Waals surface area contributed by atoms with Crippen LogP contribution in [0, 0.1) is 22.8 Å². The average Bonchev–Trinajstić information content (AvgIpc) is 3.95. The first-order valence-electron chi connectivity index (χ1n) is 28.4.